The minimum Gasteiger partial charge on any atom is -0.447 e. The van der Waals surface area contributed by atoms with Gasteiger partial charge in [0.05, 0.1) is 12.6 Å². The highest BCUT2D eigenvalue weighted by Gasteiger charge is 2.19. The first kappa shape index (κ1) is 24.1. The van der Waals surface area contributed by atoms with E-state index < -0.39 is 0 Å². The van der Waals surface area contributed by atoms with Gasteiger partial charge in [-0.05, 0) is 47.6 Å². The number of rotatable bonds is 10. The van der Waals surface area contributed by atoms with E-state index in [1.165, 1.54) is 24.0 Å². The Kier molecular flexibility index (Phi) is 8.08. The molecule has 1 aromatic heterocycles. The van der Waals surface area contributed by atoms with Gasteiger partial charge in [0.2, 0.25) is 5.89 Å². The molecular formula is C27H32FN3O3. The summed E-state index contributed by atoms with van der Waals surface area (Å²) in [6.07, 6.45) is 3.45. The van der Waals surface area contributed by atoms with E-state index >= 15 is 0 Å². The van der Waals surface area contributed by atoms with Gasteiger partial charge in [-0.1, -0.05) is 50.2 Å². The van der Waals surface area contributed by atoms with Gasteiger partial charge in [-0.2, -0.15) is 0 Å². The maximum absolute atomic E-state index is 13.4. The quantitative estimate of drug-likeness (QED) is 0.454. The number of amides is 1. The van der Waals surface area contributed by atoms with Crippen molar-refractivity contribution < 1.29 is 18.3 Å². The molecule has 1 amide bonds. The molecule has 0 bridgehead atoms. The number of aromatic nitrogens is 1. The first-order chi connectivity index (χ1) is 16.5. The van der Waals surface area contributed by atoms with E-state index in [1.54, 1.807) is 12.1 Å². The Morgan fingerprint density at radius 3 is 2.38 bits per heavy atom. The van der Waals surface area contributed by atoms with Gasteiger partial charge in [0.1, 0.15) is 12.1 Å². The number of ether oxygens (including phenoxy) is 1. The smallest absolute Gasteiger partial charge is 0.273 e. The van der Waals surface area contributed by atoms with Crippen LogP contribution in [0.4, 0.5) is 4.39 Å². The molecule has 0 aliphatic carbocycles. The second-order valence-corrected chi connectivity index (χ2v) is 9.14. The lowest BCUT2D eigenvalue weighted by Gasteiger charge is -2.21. The van der Waals surface area contributed by atoms with Crippen LogP contribution in [0.2, 0.25) is 0 Å². The highest BCUT2D eigenvalue weighted by Crippen LogP contribution is 2.18. The van der Waals surface area contributed by atoms with Crippen LogP contribution in [0, 0.1) is 5.82 Å². The largest absolute Gasteiger partial charge is 0.447 e. The molecule has 0 saturated carbocycles. The van der Waals surface area contributed by atoms with Crippen molar-refractivity contribution in [2.45, 2.75) is 58.3 Å². The third-order valence-corrected chi connectivity index (χ3v) is 6.03. The van der Waals surface area contributed by atoms with Crippen molar-refractivity contribution in [2.24, 2.45) is 0 Å². The van der Waals surface area contributed by atoms with Crippen LogP contribution in [0.3, 0.4) is 0 Å². The molecule has 6 nitrogen and oxygen atoms in total. The van der Waals surface area contributed by atoms with Crippen LogP contribution < -0.4 is 5.32 Å². The molecule has 1 aliphatic rings. The molecule has 0 spiro atoms. The van der Waals surface area contributed by atoms with Gasteiger partial charge in [0.15, 0.2) is 5.69 Å². The van der Waals surface area contributed by atoms with E-state index in [0.717, 1.165) is 30.6 Å². The summed E-state index contributed by atoms with van der Waals surface area (Å²) in [6, 6.07) is 15.1. The Balaban J connectivity index is 1.42. The Morgan fingerprint density at radius 2 is 1.76 bits per heavy atom. The molecule has 1 fully saturated rings. The Morgan fingerprint density at radius 1 is 1.09 bits per heavy atom. The predicted molar refractivity (Wildman–Crippen MR) is 128 cm³/mol. The summed E-state index contributed by atoms with van der Waals surface area (Å²) >= 11 is 0. The average molecular weight is 466 g/mol. The van der Waals surface area contributed by atoms with Crippen LogP contribution >= 0.6 is 0 Å². The van der Waals surface area contributed by atoms with Crippen molar-refractivity contribution in [3.8, 4) is 0 Å². The first-order valence-corrected chi connectivity index (χ1v) is 11.9. The molecule has 1 N–H and O–H groups in total. The Bertz CT molecular complexity index is 1060. The summed E-state index contributed by atoms with van der Waals surface area (Å²) in [7, 11) is 0. The molecule has 1 saturated heterocycles. The molecule has 0 radical (unpaired) electrons. The highest BCUT2D eigenvalue weighted by molar-refractivity contribution is 5.91. The summed E-state index contributed by atoms with van der Waals surface area (Å²) in [5.74, 6) is 0.412. The molecule has 7 heteroatoms. The SMILES string of the molecule is CC(C)c1ccc(CN(Cc2ccc(F)cc2)Cc2nc(C(=O)NCC3CCCO3)co2)cc1. The van der Waals surface area contributed by atoms with Crippen molar-refractivity contribution in [1.29, 1.82) is 0 Å². The lowest BCUT2D eigenvalue weighted by Crippen LogP contribution is -2.32. The van der Waals surface area contributed by atoms with Crippen LogP contribution in [0.1, 0.15) is 65.7 Å². The van der Waals surface area contributed by atoms with Gasteiger partial charge in [0.25, 0.3) is 5.91 Å². The van der Waals surface area contributed by atoms with Crippen LogP contribution in [-0.4, -0.2) is 35.0 Å². The second kappa shape index (κ2) is 11.4. The third-order valence-electron chi connectivity index (χ3n) is 6.03. The van der Waals surface area contributed by atoms with Gasteiger partial charge >= 0.3 is 0 Å². The summed E-state index contributed by atoms with van der Waals surface area (Å²) in [4.78, 5) is 19.0. The van der Waals surface area contributed by atoms with Crippen molar-refractivity contribution in [3.63, 3.8) is 0 Å². The van der Waals surface area contributed by atoms with E-state index in [-0.39, 0.29) is 23.5 Å². The summed E-state index contributed by atoms with van der Waals surface area (Å²) in [5, 5.41) is 2.87. The molecular weight excluding hydrogens is 433 g/mol. The van der Waals surface area contributed by atoms with Gasteiger partial charge in [-0.3, -0.25) is 9.69 Å². The second-order valence-electron chi connectivity index (χ2n) is 9.14. The molecule has 3 aromatic rings. The maximum atomic E-state index is 13.4. The first-order valence-electron chi connectivity index (χ1n) is 11.9. The molecule has 1 atom stereocenters. The maximum Gasteiger partial charge on any atom is 0.273 e. The zero-order chi connectivity index (χ0) is 23.9. The normalized spacial score (nSPS) is 15.9. The zero-order valence-corrected chi connectivity index (χ0v) is 19.8. The van der Waals surface area contributed by atoms with Crippen molar-refractivity contribution >= 4 is 5.91 Å². The van der Waals surface area contributed by atoms with Crippen LogP contribution in [0.5, 0.6) is 0 Å². The number of oxazole rings is 1. The van der Waals surface area contributed by atoms with E-state index in [1.807, 2.05) is 0 Å². The molecule has 2 aromatic carbocycles. The number of nitrogens with one attached hydrogen (secondary N) is 1. The van der Waals surface area contributed by atoms with Crippen molar-refractivity contribution in [2.75, 3.05) is 13.2 Å². The molecule has 1 aliphatic heterocycles. The Labute approximate surface area is 200 Å². The fraction of sp³-hybridized carbons (Fsp3) is 0.407. The van der Waals surface area contributed by atoms with E-state index in [4.69, 9.17) is 9.15 Å². The number of carbonyl (C=O) groups is 1. The molecule has 4 rings (SSSR count). The van der Waals surface area contributed by atoms with Crippen molar-refractivity contribution in [3.05, 3.63) is 88.9 Å². The predicted octanol–water partition coefficient (Wildman–Crippen LogP) is 5.05. The van der Waals surface area contributed by atoms with Gasteiger partial charge < -0.3 is 14.5 Å². The van der Waals surface area contributed by atoms with E-state index in [2.05, 4.69) is 53.3 Å². The number of nitrogens with zero attached hydrogens (tertiary/aromatic N) is 2. The fourth-order valence-corrected chi connectivity index (χ4v) is 4.06. The standard InChI is InChI=1S/C27H32FN3O3/c1-19(2)22-9-5-20(6-10-22)15-31(16-21-7-11-23(28)12-8-21)17-26-30-25(18-34-26)27(32)29-14-24-4-3-13-33-24/h5-12,18-19,24H,3-4,13-17H2,1-2H3,(H,29,32). The van der Waals surface area contributed by atoms with Crippen molar-refractivity contribution in [1.82, 2.24) is 15.2 Å². The average Bonchev–Trinajstić information content (AvgIpc) is 3.52. The van der Waals surface area contributed by atoms with Gasteiger partial charge in [0, 0.05) is 26.2 Å². The number of halogens is 1. The topological polar surface area (TPSA) is 67.6 Å². The van der Waals surface area contributed by atoms with Gasteiger partial charge in [-0.15, -0.1) is 0 Å². The minimum atomic E-state index is -0.264. The monoisotopic (exact) mass is 465 g/mol. The zero-order valence-electron chi connectivity index (χ0n) is 19.8. The number of benzene rings is 2. The molecule has 1 unspecified atom stereocenters. The van der Waals surface area contributed by atoms with Crippen LogP contribution in [0.15, 0.2) is 59.2 Å². The number of hydrogen-bond acceptors (Lipinski definition) is 5. The fourth-order valence-electron chi connectivity index (χ4n) is 4.06. The number of hydrogen-bond donors (Lipinski definition) is 1. The lowest BCUT2D eigenvalue weighted by molar-refractivity contribution is 0.0853. The van der Waals surface area contributed by atoms with E-state index in [0.29, 0.717) is 38.0 Å². The lowest BCUT2D eigenvalue weighted by atomic mass is 10.0. The van der Waals surface area contributed by atoms with Gasteiger partial charge in [-0.25, -0.2) is 9.37 Å². The summed E-state index contributed by atoms with van der Waals surface area (Å²) < 4.78 is 24.6. The summed E-state index contributed by atoms with van der Waals surface area (Å²) in [5.41, 5.74) is 3.70. The Hall–Kier alpha value is -3.03. The van der Waals surface area contributed by atoms with Crippen LogP contribution in [0.25, 0.3) is 0 Å². The summed E-state index contributed by atoms with van der Waals surface area (Å²) in [6.45, 7) is 7.25. The molecule has 34 heavy (non-hydrogen) atoms. The highest BCUT2D eigenvalue weighted by atomic mass is 19.1. The van der Waals surface area contributed by atoms with E-state index in [9.17, 15) is 9.18 Å². The molecule has 2 heterocycles. The minimum absolute atomic E-state index is 0.0728. The number of carbonyl (C=O) groups excluding carboxylic acids is 1. The molecule has 180 valence electrons. The third kappa shape index (κ3) is 6.74. The van der Waals surface area contributed by atoms with Crippen LogP contribution in [-0.2, 0) is 24.4 Å².